The van der Waals surface area contributed by atoms with Gasteiger partial charge in [-0.25, -0.2) is 18.0 Å². The first-order valence-corrected chi connectivity index (χ1v) is 20.1. The Hall–Kier alpha value is -2.98. The van der Waals surface area contributed by atoms with Crippen LogP contribution in [0.5, 0.6) is 0 Å². The number of ether oxygens (including phenoxy) is 7. The topological polar surface area (TPSA) is 486 Å². The van der Waals surface area contributed by atoms with Crippen LogP contribution >= 0.6 is 0 Å². The maximum absolute atomic E-state index is 12.6. The summed E-state index contributed by atoms with van der Waals surface area (Å²) in [7, 11) is -10.5. The number of carboxylic acids is 2. The van der Waals surface area contributed by atoms with E-state index < -0.39 is 180 Å². The quantitative estimate of drug-likeness (QED) is 0.0639. The number of aliphatic carboxylic acids is 2. The van der Waals surface area contributed by atoms with Crippen molar-refractivity contribution in [2.24, 2.45) is 0 Å². The van der Waals surface area contributed by atoms with Gasteiger partial charge in [0.05, 0.1) is 13.2 Å². The van der Waals surface area contributed by atoms with Crippen molar-refractivity contribution >= 4 is 44.6 Å². The van der Waals surface area contributed by atoms with Gasteiger partial charge < -0.3 is 94.9 Å². The molecule has 0 aromatic carbocycles. The largest absolute Gasteiger partial charge is 0.479 e. The Morgan fingerprint density at radius 3 is 1.38 bits per heavy atom. The fourth-order valence-electron chi connectivity index (χ4n) is 6.58. The number of carbonyl (C=O) groups excluding carboxylic acids is 2. The van der Waals surface area contributed by atoms with Crippen molar-refractivity contribution in [1.29, 1.82) is 0 Å². The van der Waals surface area contributed by atoms with Crippen LogP contribution in [0.4, 0.5) is 0 Å². The minimum Gasteiger partial charge on any atom is -0.479 e. The molecule has 0 aromatic heterocycles. The van der Waals surface area contributed by atoms with Gasteiger partial charge in [0.1, 0.15) is 85.3 Å². The molecule has 0 bridgehead atoms. The molecule has 4 saturated heterocycles. The van der Waals surface area contributed by atoms with Gasteiger partial charge in [-0.2, -0.15) is 16.8 Å². The third-order valence-corrected chi connectivity index (χ3v) is 10.2. The molecule has 4 heterocycles. The van der Waals surface area contributed by atoms with E-state index in [1.807, 2.05) is 0 Å². The molecule has 14 N–H and O–H groups in total. The Balaban J connectivity index is 1.68. The van der Waals surface area contributed by atoms with Crippen LogP contribution in [0.3, 0.4) is 0 Å². The van der Waals surface area contributed by atoms with E-state index >= 15 is 0 Å². The van der Waals surface area contributed by atoms with Crippen molar-refractivity contribution in [3.05, 3.63) is 0 Å². The molecule has 61 heavy (non-hydrogen) atoms. The molecule has 352 valence electrons. The Morgan fingerprint density at radius 1 is 0.508 bits per heavy atom. The molecule has 0 aliphatic carbocycles. The molecule has 4 fully saturated rings. The number of amides is 2. The first-order chi connectivity index (χ1) is 28.1. The highest BCUT2D eigenvalue weighted by Gasteiger charge is 2.57. The Morgan fingerprint density at radius 2 is 0.918 bits per heavy atom. The van der Waals surface area contributed by atoms with Crippen LogP contribution < -0.4 is 10.6 Å². The van der Waals surface area contributed by atoms with Crippen molar-refractivity contribution in [1.82, 2.24) is 10.6 Å². The first-order valence-electron chi connectivity index (χ1n) is 17.4. The van der Waals surface area contributed by atoms with E-state index in [1.54, 1.807) is 0 Å². The van der Waals surface area contributed by atoms with Crippen molar-refractivity contribution < 1.29 is 138 Å². The normalized spacial score (nSPS) is 42.3. The zero-order valence-corrected chi connectivity index (χ0v) is 32.7. The lowest BCUT2D eigenvalue weighted by atomic mass is 9.94. The van der Waals surface area contributed by atoms with Crippen LogP contribution in [0, 0.1) is 0 Å². The van der Waals surface area contributed by atoms with Gasteiger partial charge in [-0.15, -0.1) is 0 Å². The van der Waals surface area contributed by atoms with Gasteiger partial charge in [0.25, 0.3) is 0 Å². The summed E-state index contributed by atoms with van der Waals surface area (Å²) in [6.07, 6.45) is -40.8. The molecule has 0 radical (unpaired) electrons. The van der Waals surface area contributed by atoms with E-state index in [-0.39, 0.29) is 0 Å². The van der Waals surface area contributed by atoms with Gasteiger partial charge in [-0.05, 0) is 0 Å². The highest BCUT2D eigenvalue weighted by molar-refractivity contribution is 7.81. The van der Waals surface area contributed by atoms with E-state index in [4.69, 9.17) is 37.7 Å². The second-order valence-electron chi connectivity index (χ2n) is 13.7. The molecule has 31 nitrogen and oxygen atoms in total. The number of aliphatic hydroxyl groups is 8. The van der Waals surface area contributed by atoms with Crippen molar-refractivity contribution in [2.45, 2.75) is 137 Å². The summed E-state index contributed by atoms with van der Waals surface area (Å²) in [5.74, 6) is -5.82. The molecule has 33 heteroatoms. The summed E-state index contributed by atoms with van der Waals surface area (Å²) >= 11 is 0. The van der Waals surface area contributed by atoms with E-state index in [2.05, 4.69) is 19.0 Å². The number of hydrogen-bond donors (Lipinski definition) is 14. The standard InChI is InChI=1S/C28H44N2O29S2/c1-5(31)29-9-18(11(33)7(53-25(9)44)3-51-60(45,46)47)55-28-17(39)15(37)20(22(59-28)24(42)43)57-26-10(30-6(2)32)19(12(34)8(54-26)4-52-61(48,49)50)56-27-16(38)13(35)14(36)21(58-27)23(40)41/h7-22,25-28,33-39,44H,3-4H2,1-2H3,(H,29,31)(H,30,32)(H,40,41)(H,42,43)(H,45,46,47)(H,48,49,50)/t7-,8-,9-,10-,11+,12+,13+,14+,15-,16-,17-,18-,19-,20+,21+,22+,25+,26-,27-,28-/m1/s1. The van der Waals surface area contributed by atoms with Crippen LogP contribution in [0.25, 0.3) is 0 Å². The lowest BCUT2D eigenvalue weighted by Crippen LogP contribution is -2.70. The maximum atomic E-state index is 12.6. The average Bonchev–Trinajstić information content (AvgIpc) is 3.13. The highest BCUT2D eigenvalue weighted by Crippen LogP contribution is 2.35. The van der Waals surface area contributed by atoms with Crippen molar-refractivity contribution in [2.75, 3.05) is 13.2 Å². The molecule has 2 amide bonds. The van der Waals surface area contributed by atoms with Crippen LogP contribution in [-0.4, -0.2) is 237 Å². The maximum Gasteiger partial charge on any atom is 0.397 e. The molecule has 4 aliphatic heterocycles. The zero-order valence-electron chi connectivity index (χ0n) is 31.1. The fourth-order valence-corrected chi connectivity index (χ4v) is 7.19. The predicted molar refractivity (Wildman–Crippen MR) is 179 cm³/mol. The molecule has 20 atom stereocenters. The van der Waals surface area contributed by atoms with Gasteiger partial charge >= 0.3 is 32.7 Å². The fraction of sp³-hybridized carbons (Fsp3) is 0.857. The van der Waals surface area contributed by atoms with Gasteiger partial charge in [0.2, 0.25) is 11.8 Å². The minimum atomic E-state index is -5.32. The number of aliphatic hydroxyl groups excluding tert-OH is 8. The van der Waals surface area contributed by atoms with Crippen molar-refractivity contribution in [3.63, 3.8) is 0 Å². The second kappa shape index (κ2) is 20.2. The van der Waals surface area contributed by atoms with E-state index in [1.165, 1.54) is 0 Å². The first kappa shape index (κ1) is 50.7. The summed E-state index contributed by atoms with van der Waals surface area (Å²) in [5, 5.41) is 110. The van der Waals surface area contributed by atoms with Crippen LogP contribution in [-0.2, 0) is 81.5 Å². The smallest absolute Gasteiger partial charge is 0.397 e. The summed E-state index contributed by atoms with van der Waals surface area (Å²) in [5.41, 5.74) is 0. The number of carboxylic acid groups (broad SMARTS) is 2. The summed E-state index contributed by atoms with van der Waals surface area (Å²) < 4.78 is 109. The average molecular weight is 937 g/mol. The number of nitrogens with one attached hydrogen (secondary N) is 2. The molecule has 0 saturated carbocycles. The summed E-state index contributed by atoms with van der Waals surface area (Å²) in [6.45, 7) is -0.729. The third-order valence-electron chi connectivity index (χ3n) is 9.34. The summed E-state index contributed by atoms with van der Waals surface area (Å²) in [6, 6.07) is -3.83. The lowest BCUT2D eigenvalue weighted by molar-refractivity contribution is -0.368. The number of hydrogen-bond acceptors (Lipinski definition) is 25. The number of rotatable bonds is 16. The molecule has 4 rings (SSSR count). The molecule has 0 spiro atoms. The van der Waals surface area contributed by atoms with Crippen molar-refractivity contribution in [3.8, 4) is 0 Å². The van der Waals surface area contributed by atoms with E-state index in [0.29, 0.717) is 0 Å². The Bertz CT molecular complexity index is 1790. The van der Waals surface area contributed by atoms with Crippen LogP contribution in [0.15, 0.2) is 0 Å². The number of carbonyl (C=O) groups is 4. The van der Waals surface area contributed by atoms with Crippen LogP contribution in [0.1, 0.15) is 13.8 Å². The second-order valence-corrected chi connectivity index (χ2v) is 15.9. The lowest BCUT2D eigenvalue weighted by Gasteiger charge is -2.49. The Kier molecular flexibility index (Phi) is 16.8. The predicted octanol–water partition coefficient (Wildman–Crippen LogP) is -9.62. The third kappa shape index (κ3) is 12.6. The van der Waals surface area contributed by atoms with Gasteiger partial charge in [-0.3, -0.25) is 18.7 Å². The van der Waals surface area contributed by atoms with E-state index in [9.17, 15) is 91.6 Å². The van der Waals surface area contributed by atoms with Crippen LogP contribution in [0.2, 0.25) is 0 Å². The Labute approximate surface area is 342 Å². The molecular weight excluding hydrogens is 892 g/mol. The molecule has 0 aromatic rings. The van der Waals surface area contributed by atoms with E-state index in [0.717, 1.165) is 13.8 Å². The molecule has 4 aliphatic rings. The SMILES string of the molecule is CC(=O)N[C@@H]1[C@@H](O[C@@H]2O[C@H](C(=O)O)[C@@H](O[C@H]3O[C@H](COS(=O)(=O)O)[C@H](O)[C@H](O[C@@H]4O[C@H](C(=O)O)[C@@H](O)[C@H](O)[C@H]4O)[C@H]3NC(C)=O)[C@H](O)[C@H]2O)[C@@H](O)[C@@H](COS(=O)(=O)O)O[C@@H]1O. The molecular formula is C28H44N2O29S2. The van der Waals surface area contributed by atoms with Gasteiger partial charge in [0.15, 0.2) is 37.4 Å². The minimum absolute atomic E-state index is 0.861. The zero-order chi connectivity index (χ0) is 46.0. The van der Waals surface area contributed by atoms with Gasteiger partial charge in [-0.1, -0.05) is 0 Å². The molecule has 0 unspecified atom stereocenters. The summed E-state index contributed by atoms with van der Waals surface area (Å²) in [4.78, 5) is 48.7. The van der Waals surface area contributed by atoms with Gasteiger partial charge in [0, 0.05) is 13.8 Å². The highest BCUT2D eigenvalue weighted by atomic mass is 32.3. The monoisotopic (exact) mass is 936 g/mol.